The van der Waals surface area contributed by atoms with E-state index in [9.17, 15) is 5.11 Å². The smallest absolute Gasteiger partial charge is 0.161 e. The standard InChI is InChI=1S/C19H15Cl2NO3/c1-24-16-8-4-11(9-17(16)25-2)3-5-12-6-7-13-14(20)10-15(21)19(23)18(13)22-12/h3-10,23H,1-2H3/b5-3+. The van der Waals surface area contributed by atoms with Crippen LogP contribution in [-0.4, -0.2) is 24.3 Å². The molecule has 0 amide bonds. The van der Waals surface area contributed by atoms with E-state index in [4.69, 9.17) is 32.7 Å². The molecule has 4 nitrogen and oxygen atoms in total. The molecule has 3 aromatic rings. The van der Waals surface area contributed by atoms with Crippen molar-refractivity contribution in [2.45, 2.75) is 0 Å². The van der Waals surface area contributed by atoms with Gasteiger partial charge in [-0.15, -0.1) is 0 Å². The summed E-state index contributed by atoms with van der Waals surface area (Å²) in [5, 5.41) is 11.4. The van der Waals surface area contributed by atoms with Crippen molar-refractivity contribution in [1.29, 1.82) is 0 Å². The lowest BCUT2D eigenvalue weighted by molar-refractivity contribution is 0.355. The number of phenolic OH excluding ortho intramolecular Hbond substituents is 1. The Labute approximate surface area is 155 Å². The zero-order valence-corrected chi connectivity index (χ0v) is 15.1. The topological polar surface area (TPSA) is 51.6 Å². The number of rotatable bonds is 4. The predicted octanol–water partition coefficient (Wildman–Crippen LogP) is 5.43. The number of hydrogen-bond donors (Lipinski definition) is 1. The molecule has 0 aliphatic rings. The number of ether oxygens (including phenoxy) is 2. The fourth-order valence-corrected chi connectivity index (χ4v) is 2.96. The van der Waals surface area contributed by atoms with Crippen LogP contribution in [0.2, 0.25) is 10.0 Å². The SMILES string of the molecule is COc1ccc(/C=C/c2ccc3c(Cl)cc(Cl)c(O)c3n2)cc1OC. The molecule has 3 rings (SSSR count). The second-order valence-corrected chi connectivity index (χ2v) is 6.08. The van der Waals surface area contributed by atoms with Crippen LogP contribution in [0.15, 0.2) is 36.4 Å². The van der Waals surface area contributed by atoms with Gasteiger partial charge in [-0.05, 0) is 42.0 Å². The van der Waals surface area contributed by atoms with Crippen LogP contribution >= 0.6 is 23.2 Å². The van der Waals surface area contributed by atoms with Gasteiger partial charge in [0.25, 0.3) is 0 Å². The van der Waals surface area contributed by atoms with Crippen LogP contribution in [0.5, 0.6) is 17.2 Å². The molecule has 2 aromatic carbocycles. The maximum absolute atomic E-state index is 10.1. The van der Waals surface area contributed by atoms with E-state index in [-0.39, 0.29) is 10.8 Å². The summed E-state index contributed by atoms with van der Waals surface area (Å²) in [4.78, 5) is 4.43. The number of hydrogen-bond acceptors (Lipinski definition) is 4. The number of aromatic hydroxyl groups is 1. The molecule has 6 heteroatoms. The van der Waals surface area contributed by atoms with Crippen LogP contribution in [-0.2, 0) is 0 Å². The van der Waals surface area contributed by atoms with E-state index in [1.165, 1.54) is 6.07 Å². The van der Waals surface area contributed by atoms with E-state index in [0.717, 1.165) is 5.56 Å². The number of aromatic nitrogens is 1. The molecular weight excluding hydrogens is 361 g/mol. The van der Waals surface area contributed by atoms with E-state index < -0.39 is 0 Å². The first-order valence-corrected chi connectivity index (χ1v) is 8.17. The van der Waals surface area contributed by atoms with Crippen molar-refractivity contribution < 1.29 is 14.6 Å². The first-order chi connectivity index (χ1) is 12.0. The molecule has 0 spiro atoms. The number of phenols is 1. The van der Waals surface area contributed by atoms with Crippen LogP contribution < -0.4 is 9.47 Å². The van der Waals surface area contributed by atoms with Crippen molar-refractivity contribution in [1.82, 2.24) is 4.98 Å². The number of halogens is 2. The molecule has 0 fully saturated rings. The quantitative estimate of drug-likeness (QED) is 0.659. The minimum atomic E-state index is -0.0811. The Kier molecular flexibility index (Phi) is 5.02. The Bertz CT molecular complexity index is 971. The molecule has 1 heterocycles. The van der Waals surface area contributed by atoms with Gasteiger partial charge in [0.05, 0.1) is 30.0 Å². The highest BCUT2D eigenvalue weighted by atomic mass is 35.5. The minimum absolute atomic E-state index is 0.0811. The monoisotopic (exact) mass is 375 g/mol. The molecule has 128 valence electrons. The van der Waals surface area contributed by atoms with Crippen molar-refractivity contribution >= 4 is 46.3 Å². The minimum Gasteiger partial charge on any atom is -0.504 e. The van der Waals surface area contributed by atoms with Gasteiger partial charge in [0.1, 0.15) is 5.52 Å². The van der Waals surface area contributed by atoms with Gasteiger partial charge in [-0.3, -0.25) is 0 Å². The molecule has 0 bridgehead atoms. The van der Waals surface area contributed by atoms with E-state index in [1.807, 2.05) is 36.4 Å². The molecule has 0 aliphatic heterocycles. The Morgan fingerprint density at radius 3 is 2.40 bits per heavy atom. The molecule has 0 atom stereocenters. The number of benzene rings is 2. The zero-order valence-electron chi connectivity index (χ0n) is 13.6. The van der Waals surface area contributed by atoms with Crippen LogP contribution in [0.25, 0.3) is 23.1 Å². The van der Waals surface area contributed by atoms with Gasteiger partial charge in [-0.25, -0.2) is 4.98 Å². The van der Waals surface area contributed by atoms with Crippen molar-refractivity contribution in [2.24, 2.45) is 0 Å². The number of methoxy groups -OCH3 is 2. The average Bonchev–Trinajstić information content (AvgIpc) is 2.64. The average molecular weight is 376 g/mol. The van der Waals surface area contributed by atoms with Crippen molar-refractivity contribution in [3.05, 3.63) is 57.7 Å². The van der Waals surface area contributed by atoms with Gasteiger partial charge in [0, 0.05) is 5.39 Å². The van der Waals surface area contributed by atoms with Gasteiger partial charge in [0.2, 0.25) is 0 Å². The maximum atomic E-state index is 10.1. The number of nitrogens with zero attached hydrogens (tertiary/aromatic N) is 1. The predicted molar refractivity (Wildman–Crippen MR) is 102 cm³/mol. The maximum Gasteiger partial charge on any atom is 0.161 e. The lowest BCUT2D eigenvalue weighted by Crippen LogP contribution is -1.90. The van der Waals surface area contributed by atoms with Crippen molar-refractivity contribution in [3.8, 4) is 17.2 Å². The summed E-state index contributed by atoms with van der Waals surface area (Å²) in [5.74, 6) is 1.23. The Morgan fingerprint density at radius 1 is 0.920 bits per heavy atom. The lowest BCUT2D eigenvalue weighted by Gasteiger charge is -2.08. The Balaban J connectivity index is 1.98. The largest absolute Gasteiger partial charge is 0.504 e. The van der Waals surface area contributed by atoms with E-state index in [0.29, 0.717) is 33.1 Å². The van der Waals surface area contributed by atoms with Gasteiger partial charge >= 0.3 is 0 Å². The van der Waals surface area contributed by atoms with Gasteiger partial charge in [-0.2, -0.15) is 0 Å². The summed E-state index contributed by atoms with van der Waals surface area (Å²) in [6.45, 7) is 0. The third-order valence-corrected chi connectivity index (χ3v) is 4.33. The molecule has 0 radical (unpaired) electrons. The molecule has 0 saturated heterocycles. The summed E-state index contributed by atoms with van der Waals surface area (Å²) in [7, 11) is 3.18. The van der Waals surface area contributed by atoms with Crippen molar-refractivity contribution in [3.63, 3.8) is 0 Å². The third-order valence-electron chi connectivity index (χ3n) is 3.73. The second-order valence-electron chi connectivity index (χ2n) is 5.27. The molecule has 1 aromatic heterocycles. The van der Waals surface area contributed by atoms with Gasteiger partial charge in [0.15, 0.2) is 17.2 Å². The van der Waals surface area contributed by atoms with Crippen LogP contribution in [0, 0.1) is 0 Å². The summed E-state index contributed by atoms with van der Waals surface area (Å²) >= 11 is 12.1. The van der Waals surface area contributed by atoms with Crippen LogP contribution in [0.1, 0.15) is 11.3 Å². The molecule has 0 saturated carbocycles. The summed E-state index contributed by atoms with van der Waals surface area (Å²) in [5.41, 5.74) is 1.95. The Morgan fingerprint density at radius 2 is 1.68 bits per heavy atom. The fraction of sp³-hybridized carbons (Fsp3) is 0.105. The molecule has 1 N–H and O–H groups in total. The summed E-state index contributed by atoms with van der Waals surface area (Å²) in [6.07, 6.45) is 3.72. The zero-order chi connectivity index (χ0) is 18.0. The summed E-state index contributed by atoms with van der Waals surface area (Å²) in [6, 6.07) is 10.7. The second kappa shape index (κ2) is 7.21. The van der Waals surface area contributed by atoms with Gasteiger partial charge in [-0.1, -0.05) is 35.3 Å². The number of fused-ring (bicyclic) bond motifs is 1. The first kappa shape index (κ1) is 17.4. The van der Waals surface area contributed by atoms with E-state index >= 15 is 0 Å². The summed E-state index contributed by atoms with van der Waals surface area (Å²) < 4.78 is 10.5. The van der Waals surface area contributed by atoms with Gasteiger partial charge < -0.3 is 14.6 Å². The molecule has 0 unspecified atom stereocenters. The highest BCUT2D eigenvalue weighted by molar-refractivity contribution is 6.39. The van der Waals surface area contributed by atoms with Crippen molar-refractivity contribution in [2.75, 3.05) is 14.2 Å². The van der Waals surface area contributed by atoms with Crippen LogP contribution in [0.4, 0.5) is 0 Å². The highest BCUT2D eigenvalue weighted by Gasteiger charge is 2.10. The molecular formula is C19H15Cl2NO3. The normalized spacial score (nSPS) is 11.2. The Hall–Kier alpha value is -2.43. The number of pyridine rings is 1. The first-order valence-electron chi connectivity index (χ1n) is 7.41. The lowest BCUT2D eigenvalue weighted by atomic mass is 10.1. The fourth-order valence-electron chi connectivity index (χ4n) is 2.45. The molecule has 25 heavy (non-hydrogen) atoms. The van der Waals surface area contributed by atoms with Crippen LogP contribution in [0.3, 0.4) is 0 Å². The third kappa shape index (κ3) is 3.50. The molecule has 0 aliphatic carbocycles. The highest BCUT2D eigenvalue weighted by Crippen LogP contribution is 2.36. The van der Waals surface area contributed by atoms with E-state index in [1.54, 1.807) is 20.3 Å². The van der Waals surface area contributed by atoms with E-state index in [2.05, 4.69) is 4.98 Å².